The van der Waals surface area contributed by atoms with Gasteiger partial charge in [0, 0.05) is 5.41 Å². The third-order valence-electron chi connectivity index (χ3n) is 3.21. The highest BCUT2D eigenvalue weighted by Crippen LogP contribution is 2.30. The van der Waals surface area contributed by atoms with Crippen LogP contribution in [-0.4, -0.2) is 22.6 Å². The second-order valence-corrected chi connectivity index (χ2v) is 6.69. The van der Waals surface area contributed by atoms with Crippen molar-refractivity contribution in [3.8, 4) is 11.5 Å². The first-order chi connectivity index (χ1) is 10.9. The van der Waals surface area contributed by atoms with Gasteiger partial charge < -0.3 is 9.47 Å². The fraction of sp³-hybridized carbons (Fsp3) is 0.176. The van der Waals surface area contributed by atoms with Crippen LogP contribution in [0.15, 0.2) is 47.9 Å². The van der Waals surface area contributed by atoms with E-state index in [-0.39, 0.29) is 11.6 Å². The molecule has 0 fully saturated rings. The molecular weight excluding hydrogens is 319 g/mol. The molecule has 4 nitrogen and oxygen atoms in total. The maximum atomic E-state index is 12.8. The van der Waals surface area contributed by atoms with Gasteiger partial charge in [0.25, 0.3) is 0 Å². The molecule has 2 aromatic carbocycles. The summed E-state index contributed by atoms with van der Waals surface area (Å²) in [5.74, 6) is 0.271. The van der Waals surface area contributed by atoms with Gasteiger partial charge in [-0.3, -0.25) is 0 Å². The molecule has 0 aromatic heterocycles. The van der Waals surface area contributed by atoms with Crippen LogP contribution in [0, 0.1) is 5.82 Å². The van der Waals surface area contributed by atoms with Gasteiger partial charge in [-0.25, -0.2) is 12.8 Å². The average molecular weight is 336 g/mol. The summed E-state index contributed by atoms with van der Waals surface area (Å²) in [5, 5.41) is 1.10. The van der Waals surface area contributed by atoms with Gasteiger partial charge in [0.15, 0.2) is 9.84 Å². The molecule has 0 aliphatic rings. The lowest BCUT2D eigenvalue weighted by Crippen LogP contribution is -2.04. The molecule has 122 valence electrons. The molecule has 0 aliphatic carbocycles. The van der Waals surface area contributed by atoms with Crippen molar-refractivity contribution >= 4 is 15.9 Å². The molecule has 6 heteroatoms. The number of ether oxygens (including phenoxy) is 2. The summed E-state index contributed by atoms with van der Waals surface area (Å²) >= 11 is 0. The second-order valence-electron chi connectivity index (χ2n) is 4.80. The first-order valence-electron chi connectivity index (χ1n) is 6.81. The quantitative estimate of drug-likeness (QED) is 0.811. The van der Waals surface area contributed by atoms with Crippen LogP contribution in [0.3, 0.4) is 0 Å². The highest BCUT2D eigenvalue weighted by molar-refractivity contribution is 7.93. The van der Waals surface area contributed by atoms with Crippen LogP contribution in [-0.2, 0) is 15.6 Å². The average Bonchev–Trinajstić information content (AvgIpc) is 2.54. The van der Waals surface area contributed by atoms with E-state index in [0.717, 1.165) is 5.41 Å². The largest absolute Gasteiger partial charge is 0.496 e. The fourth-order valence-corrected chi connectivity index (χ4v) is 3.22. The molecule has 0 saturated heterocycles. The van der Waals surface area contributed by atoms with E-state index in [0.29, 0.717) is 22.6 Å². The lowest BCUT2D eigenvalue weighted by atomic mass is 10.2. The van der Waals surface area contributed by atoms with Gasteiger partial charge in [-0.2, -0.15) is 0 Å². The molecule has 0 aliphatic heterocycles. The Kier molecular flexibility index (Phi) is 5.39. The van der Waals surface area contributed by atoms with Crippen molar-refractivity contribution in [1.82, 2.24) is 0 Å². The molecule has 2 rings (SSSR count). The Morgan fingerprint density at radius 2 is 1.57 bits per heavy atom. The van der Waals surface area contributed by atoms with Gasteiger partial charge in [0.1, 0.15) is 17.3 Å². The maximum Gasteiger partial charge on any atom is 0.176 e. The van der Waals surface area contributed by atoms with Crippen LogP contribution in [0.25, 0.3) is 6.08 Å². The van der Waals surface area contributed by atoms with Gasteiger partial charge in [-0.15, -0.1) is 0 Å². The van der Waals surface area contributed by atoms with E-state index in [1.54, 1.807) is 18.2 Å². The second kappa shape index (κ2) is 7.28. The standard InChI is InChI=1S/C17H17FO4S/c1-21-16-4-3-5-17(22-2)15(16)12-23(19,20)11-10-13-6-8-14(18)9-7-13/h3-11H,12H2,1-2H3. The van der Waals surface area contributed by atoms with Crippen molar-refractivity contribution in [3.05, 3.63) is 64.8 Å². The Labute approximate surface area is 135 Å². The van der Waals surface area contributed by atoms with Crippen molar-refractivity contribution in [1.29, 1.82) is 0 Å². The zero-order valence-electron chi connectivity index (χ0n) is 12.8. The lowest BCUT2D eigenvalue weighted by Gasteiger charge is -2.12. The number of hydrogen-bond donors (Lipinski definition) is 0. The molecule has 0 heterocycles. The van der Waals surface area contributed by atoms with Crippen molar-refractivity contribution in [2.45, 2.75) is 5.75 Å². The fourth-order valence-electron chi connectivity index (χ4n) is 2.08. The number of halogens is 1. The Balaban J connectivity index is 2.26. The summed E-state index contributed by atoms with van der Waals surface area (Å²) in [6, 6.07) is 10.6. The monoisotopic (exact) mass is 336 g/mol. The third kappa shape index (κ3) is 4.56. The van der Waals surface area contributed by atoms with E-state index in [4.69, 9.17) is 9.47 Å². The normalized spacial score (nSPS) is 11.6. The minimum Gasteiger partial charge on any atom is -0.496 e. The number of sulfone groups is 1. The van der Waals surface area contributed by atoms with E-state index in [2.05, 4.69) is 0 Å². The molecular formula is C17H17FO4S. The summed E-state index contributed by atoms with van der Waals surface area (Å²) in [6.07, 6.45) is 1.43. The summed E-state index contributed by atoms with van der Waals surface area (Å²) in [7, 11) is -0.599. The molecule has 0 bridgehead atoms. The first-order valence-corrected chi connectivity index (χ1v) is 8.53. The van der Waals surface area contributed by atoms with Gasteiger partial charge in [0.05, 0.1) is 25.5 Å². The summed E-state index contributed by atoms with van der Waals surface area (Å²) < 4.78 is 47.9. The highest BCUT2D eigenvalue weighted by atomic mass is 32.2. The van der Waals surface area contributed by atoms with Crippen LogP contribution in [0.2, 0.25) is 0 Å². The number of methoxy groups -OCH3 is 2. The van der Waals surface area contributed by atoms with Crippen LogP contribution in [0.5, 0.6) is 11.5 Å². The minimum absolute atomic E-state index is 0.252. The number of benzene rings is 2. The Hall–Kier alpha value is -2.34. The first kappa shape index (κ1) is 17.0. The van der Waals surface area contributed by atoms with E-state index in [1.165, 1.54) is 44.6 Å². The zero-order chi connectivity index (χ0) is 16.9. The third-order valence-corrected chi connectivity index (χ3v) is 4.46. The van der Waals surface area contributed by atoms with Crippen molar-refractivity contribution in [2.24, 2.45) is 0 Å². The van der Waals surface area contributed by atoms with Gasteiger partial charge >= 0.3 is 0 Å². The molecule has 0 saturated carbocycles. The van der Waals surface area contributed by atoms with Gasteiger partial charge in [0.2, 0.25) is 0 Å². The van der Waals surface area contributed by atoms with E-state index < -0.39 is 9.84 Å². The molecule has 0 unspecified atom stereocenters. The summed E-state index contributed by atoms with van der Waals surface area (Å²) in [4.78, 5) is 0. The number of hydrogen-bond acceptors (Lipinski definition) is 4. The molecule has 0 atom stereocenters. The molecule has 23 heavy (non-hydrogen) atoms. The van der Waals surface area contributed by atoms with Crippen LogP contribution >= 0.6 is 0 Å². The van der Waals surface area contributed by atoms with Gasteiger partial charge in [-0.05, 0) is 35.9 Å². The predicted molar refractivity (Wildman–Crippen MR) is 87.6 cm³/mol. The molecule has 0 radical (unpaired) electrons. The maximum absolute atomic E-state index is 12.8. The number of rotatable bonds is 6. The molecule has 0 spiro atoms. The Bertz CT molecular complexity index is 774. The summed E-state index contributed by atoms with van der Waals surface area (Å²) in [6.45, 7) is 0. The van der Waals surface area contributed by atoms with Crippen molar-refractivity contribution < 1.29 is 22.3 Å². The van der Waals surface area contributed by atoms with Crippen LogP contribution in [0.4, 0.5) is 4.39 Å². The molecule has 2 aromatic rings. The Morgan fingerprint density at radius 1 is 1.00 bits per heavy atom. The van der Waals surface area contributed by atoms with Crippen molar-refractivity contribution in [2.75, 3.05) is 14.2 Å². The van der Waals surface area contributed by atoms with Crippen molar-refractivity contribution in [3.63, 3.8) is 0 Å². The Morgan fingerprint density at radius 3 is 2.09 bits per heavy atom. The lowest BCUT2D eigenvalue weighted by molar-refractivity contribution is 0.387. The molecule has 0 amide bonds. The van der Waals surface area contributed by atoms with E-state index in [1.807, 2.05) is 0 Å². The highest BCUT2D eigenvalue weighted by Gasteiger charge is 2.17. The SMILES string of the molecule is COc1cccc(OC)c1CS(=O)(=O)C=Cc1ccc(F)cc1. The van der Waals surface area contributed by atoms with Crippen LogP contribution in [0.1, 0.15) is 11.1 Å². The van der Waals surface area contributed by atoms with Gasteiger partial charge in [-0.1, -0.05) is 18.2 Å². The van der Waals surface area contributed by atoms with E-state index in [9.17, 15) is 12.8 Å². The van der Waals surface area contributed by atoms with E-state index >= 15 is 0 Å². The predicted octanol–water partition coefficient (Wildman–Crippen LogP) is 3.43. The topological polar surface area (TPSA) is 52.6 Å². The van der Waals surface area contributed by atoms with Crippen LogP contribution < -0.4 is 9.47 Å². The summed E-state index contributed by atoms with van der Waals surface area (Å²) in [5.41, 5.74) is 1.06. The smallest absolute Gasteiger partial charge is 0.176 e. The minimum atomic E-state index is -3.54. The zero-order valence-corrected chi connectivity index (χ0v) is 13.6. The molecule has 0 N–H and O–H groups in total.